The summed E-state index contributed by atoms with van der Waals surface area (Å²) in [6.07, 6.45) is 1.86. The smallest absolute Gasteiger partial charge is 0.290 e. The highest BCUT2D eigenvalue weighted by atomic mass is 32.2. The molecule has 6 heteroatoms. The minimum atomic E-state index is -0.471. The zero-order valence-corrected chi connectivity index (χ0v) is 11.3. The number of hydrogen-bond donors (Lipinski definition) is 1. The Morgan fingerprint density at radius 3 is 2.80 bits per heavy atom. The van der Waals surface area contributed by atoms with Crippen molar-refractivity contribution >= 4 is 40.1 Å². The number of carbonyl (C=O) groups is 3. The largest absolute Gasteiger partial charge is 0.307 e. The van der Waals surface area contributed by atoms with Crippen LogP contribution in [-0.4, -0.2) is 23.6 Å². The fraction of sp³-hybridized carbons (Fsp3) is 0.214. The van der Waals surface area contributed by atoms with Gasteiger partial charge >= 0.3 is 0 Å². The number of rotatable bonds is 0. The molecule has 1 aromatic rings. The van der Waals surface area contributed by atoms with Crippen LogP contribution < -0.4 is 10.2 Å². The summed E-state index contributed by atoms with van der Waals surface area (Å²) < 4.78 is 0. The van der Waals surface area contributed by atoms with Gasteiger partial charge in [-0.05, 0) is 30.2 Å². The van der Waals surface area contributed by atoms with E-state index in [-0.39, 0.29) is 10.8 Å². The number of anilines is 1. The molecular weight excluding hydrogens is 276 g/mol. The third-order valence-corrected chi connectivity index (χ3v) is 4.67. The van der Waals surface area contributed by atoms with Crippen molar-refractivity contribution in [3.8, 4) is 0 Å². The highest BCUT2D eigenvalue weighted by Gasteiger charge is 2.41. The summed E-state index contributed by atoms with van der Waals surface area (Å²) in [5, 5.41) is 1.79. The topological polar surface area (TPSA) is 66.5 Å². The van der Waals surface area contributed by atoms with Crippen LogP contribution in [0.2, 0.25) is 0 Å². The van der Waals surface area contributed by atoms with Crippen LogP contribution in [0.3, 0.4) is 0 Å². The standard InChI is InChI=1S/C14H10N2O3S/c17-12-11(20-14(19)15-12)9-8-5-1-3-7-4-2-6-16(10(7)8)13(9)18/h1,3,5H,2,4,6H2,(H,15,17,19). The first kappa shape index (κ1) is 11.7. The number of benzene rings is 1. The first-order chi connectivity index (χ1) is 9.66. The fourth-order valence-corrected chi connectivity index (χ4v) is 3.78. The van der Waals surface area contributed by atoms with Crippen LogP contribution in [0.4, 0.5) is 10.5 Å². The summed E-state index contributed by atoms with van der Waals surface area (Å²) >= 11 is 0.810. The summed E-state index contributed by atoms with van der Waals surface area (Å²) in [5.41, 5.74) is 3.20. The van der Waals surface area contributed by atoms with Crippen LogP contribution in [0.15, 0.2) is 23.1 Å². The van der Waals surface area contributed by atoms with Gasteiger partial charge in [-0.1, -0.05) is 18.2 Å². The van der Waals surface area contributed by atoms with Crippen molar-refractivity contribution in [2.24, 2.45) is 0 Å². The fourth-order valence-electron chi connectivity index (χ4n) is 3.00. The molecule has 5 nitrogen and oxygen atoms in total. The minimum absolute atomic E-state index is 0.167. The number of aryl methyl sites for hydroxylation is 1. The normalized spacial score (nSPS) is 24.2. The summed E-state index contributed by atoms with van der Waals surface area (Å²) in [7, 11) is 0. The molecular formula is C14H10N2O3S. The van der Waals surface area contributed by atoms with Crippen molar-refractivity contribution in [3.05, 3.63) is 34.2 Å². The Labute approximate surface area is 119 Å². The van der Waals surface area contributed by atoms with Gasteiger partial charge in [0.15, 0.2) is 0 Å². The molecule has 0 radical (unpaired) electrons. The summed E-state index contributed by atoms with van der Waals surface area (Å²) in [4.78, 5) is 37.7. The van der Waals surface area contributed by atoms with E-state index in [1.54, 1.807) is 4.90 Å². The van der Waals surface area contributed by atoms with Crippen molar-refractivity contribution in [3.63, 3.8) is 0 Å². The summed E-state index contributed by atoms with van der Waals surface area (Å²) in [5.74, 6) is -0.639. The Kier molecular flexibility index (Phi) is 2.32. The lowest BCUT2D eigenvalue weighted by atomic mass is 9.98. The SMILES string of the molecule is O=C1NC(=O)C(=C2C(=O)N3CCCc4cccc2c43)S1. The Hall–Kier alpha value is -2.08. The third-order valence-electron chi connectivity index (χ3n) is 3.79. The van der Waals surface area contributed by atoms with Crippen molar-refractivity contribution in [2.45, 2.75) is 12.8 Å². The second kappa shape index (κ2) is 3.96. The summed E-state index contributed by atoms with van der Waals surface area (Å²) in [6.45, 7) is 0.667. The second-order valence-electron chi connectivity index (χ2n) is 4.92. The number of carbonyl (C=O) groups excluding carboxylic acids is 3. The lowest BCUT2D eigenvalue weighted by Gasteiger charge is -2.24. The van der Waals surface area contributed by atoms with Crippen LogP contribution in [-0.2, 0) is 16.0 Å². The number of hydrogen-bond acceptors (Lipinski definition) is 4. The van der Waals surface area contributed by atoms with Crippen LogP contribution in [0.1, 0.15) is 17.5 Å². The molecule has 3 amide bonds. The summed E-state index contributed by atoms with van der Waals surface area (Å²) in [6, 6.07) is 5.76. The molecule has 0 unspecified atom stereocenters. The second-order valence-corrected chi connectivity index (χ2v) is 5.90. The monoisotopic (exact) mass is 286 g/mol. The lowest BCUT2D eigenvalue weighted by molar-refractivity contribution is -0.116. The molecule has 1 fully saturated rings. The highest BCUT2D eigenvalue weighted by Crippen LogP contribution is 2.45. The van der Waals surface area contributed by atoms with Crippen molar-refractivity contribution in [1.82, 2.24) is 5.32 Å². The Balaban J connectivity index is 1.99. The molecule has 0 spiro atoms. The molecule has 1 N–H and O–H groups in total. The van der Waals surface area contributed by atoms with Crippen LogP contribution in [0.5, 0.6) is 0 Å². The Morgan fingerprint density at radius 2 is 2.05 bits per heavy atom. The van der Waals surface area contributed by atoms with E-state index in [4.69, 9.17) is 0 Å². The maximum Gasteiger partial charge on any atom is 0.290 e. The van der Waals surface area contributed by atoms with E-state index in [2.05, 4.69) is 5.32 Å². The van der Waals surface area contributed by atoms with E-state index in [0.717, 1.165) is 41.4 Å². The molecule has 1 saturated heterocycles. The Morgan fingerprint density at radius 1 is 1.20 bits per heavy atom. The molecule has 0 aromatic heterocycles. The zero-order chi connectivity index (χ0) is 13.9. The zero-order valence-electron chi connectivity index (χ0n) is 10.4. The molecule has 100 valence electrons. The molecule has 0 atom stereocenters. The average Bonchev–Trinajstić information content (AvgIpc) is 2.90. The van der Waals surface area contributed by atoms with Crippen LogP contribution in [0.25, 0.3) is 5.57 Å². The van der Waals surface area contributed by atoms with Crippen LogP contribution in [0, 0.1) is 0 Å². The molecule has 0 saturated carbocycles. The number of para-hydroxylation sites is 1. The quantitative estimate of drug-likeness (QED) is 0.737. The van der Waals surface area contributed by atoms with E-state index in [1.165, 1.54) is 0 Å². The van der Waals surface area contributed by atoms with E-state index in [9.17, 15) is 14.4 Å². The van der Waals surface area contributed by atoms with Crippen molar-refractivity contribution in [1.29, 1.82) is 0 Å². The van der Waals surface area contributed by atoms with E-state index < -0.39 is 11.1 Å². The van der Waals surface area contributed by atoms with Gasteiger partial charge in [0.25, 0.3) is 17.1 Å². The average molecular weight is 286 g/mol. The van der Waals surface area contributed by atoms with Gasteiger partial charge in [-0.25, -0.2) is 0 Å². The maximum atomic E-state index is 12.6. The molecule has 3 heterocycles. The van der Waals surface area contributed by atoms with Gasteiger partial charge in [-0.3, -0.25) is 19.7 Å². The molecule has 0 aliphatic carbocycles. The third kappa shape index (κ3) is 1.42. The molecule has 20 heavy (non-hydrogen) atoms. The lowest BCUT2D eigenvalue weighted by Crippen LogP contribution is -2.31. The number of thioether (sulfide) groups is 1. The maximum absolute atomic E-state index is 12.6. The molecule has 3 aliphatic heterocycles. The predicted octanol–water partition coefficient (Wildman–Crippen LogP) is 1.67. The van der Waals surface area contributed by atoms with Gasteiger partial charge in [0.05, 0.1) is 16.2 Å². The predicted molar refractivity (Wildman–Crippen MR) is 75.2 cm³/mol. The first-order valence-electron chi connectivity index (χ1n) is 6.38. The van der Waals surface area contributed by atoms with Gasteiger partial charge in [0.1, 0.15) is 0 Å². The number of nitrogens with zero attached hydrogens (tertiary/aromatic N) is 1. The van der Waals surface area contributed by atoms with Gasteiger partial charge < -0.3 is 4.90 Å². The molecule has 1 aromatic carbocycles. The van der Waals surface area contributed by atoms with E-state index >= 15 is 0 Å². The first-order valence-corrected chi connectivity index (χ1v) is 7.20. The number of imide groups is 1. The van der Waals surface area contributed by atoms with Crippen LogP contribution >= 0.6 is 11.8 Å². The van der Waals surface area contributed by atoms with Gasteiger partial charge in [0, 0.05) is 12.1 Å². The minimum Gasteiger partial charge on any atom is -0.307 e. The van der Waals surface area contributed by atoms with Gasteiger partial charge in [-0.2, -0.15) is 0 Å². The van der Waals surface area contributed by atoms with E-state index in [1.807, 2.05) is 18.2 Å². The Bertz CT molecular complexity index is 723. The number of amides is 3. The van der Waals surface area contributed by atoms with Crippen molar-refractivity contribution < 1.29 is 14.4 Å². The van der Waals surface area contributed by atoms with Gasteiger partial charge in [0.2, 0.25) is 0 Å². The highest BCUT2D eigenvalue weighted by molar-refractivity contribution is 8.18. The molecule has 4 rings (SSSR count). The number of nitrogens with one attached hydrogen (secondary N) is 1. The van der Waals surface area contributed by atoms with Gasteiger partial charge in [-0.15, -0.1) is 0 Å². The molecule has 0 bridgehead atoms. The van der Waals surface area contributed by atoms with Crippen molar-refractivity contribution in [2.75, 3.05) is 11.4 Å². The van der Waals surface area contributed by atoms with E-state index in [0.29, 0.717) is 12.1 Å². The molecule has 3 aliphatic rings.